The van der Waals surface area contributed by atoms with E-state index in [1.807, 2.05) is 6.08 Å². The number of rotatable bonds is 52. The van der Waals surface area contributed by atoms with E-state index in [-0.39, 0.29) is 19.4 Å². The molecule has 1 rings (SSSR count). The number of hydrogen-bond acceptors (Lipinski definition) is 10. The first kappa shape index (κ1) is 71.1. The number of unbranched alkanes of at least 4 members (excludes halogenated alkanes) is 28. The maximum Gasteiger partial charge on any atom is 0.306 e. The summed E-state index contributed by atoms with van der Waals surface area (Å²) in [4.78, 5) is 26.5. The summed E-state index contributed by atoms with van der Waals surface area (Å²) in [6.45, 7) is 5.70. The Morgan fingerprint density at radius 1 is 0.513 bits per heavy atom. The normalized spacial score (nSPS) is 19.6. The Labute approximate surface area is 464 Å². The van der Waals surface area contributed by atoms with Crippen molar-refractivity contribution in [2.45, 2.75) is 314 Å². The van der Waals surface area contributed by atoms with Crippen LogP contribution in [0.4, 0.5) is 0 Å². The molecule has 6 N–H and O–H groups in total. The van der Waals surface area contributed by atoms with Crippen LogP contribution in [0.1, 0.15) is 265 Å². The van der Waals surface area contributed by atoms with E-state index < -0.39 is 67.4 Å². The van der Waals surface area contributed by atoms with Crippen molar-refractivity contribution in [1.82, 2.24) is 5.32 Å². The summed E-state index contributed by atoms with van der Waals surface area (Å²) in [5.74, 6) is -1.21. The minimum absolute atomic E-state index is 0.110. The molecule has 8 atom stereocenters. The molecule has 1 amide bonds. The van der Waals surface area contributed by atoms with Gasteiger partial charge >= 0.3 is 5.97 Å². The standard InChI is InChI=1S/C65H115NO10/c1-4-7-10-13-16-19-22-24-25-26-27-28-29-30-31-32-33-34-35-38-40-43-46-49-52-58(69)64(73)66-56(57(68)51-48-45-42-39-37-23-20-17-14-11-8-5-2)55-74-65-63(62(72)61(71)59(54-67)75-65)76-60(70)53-50-47-44-41-36-21-18-15-12-9-6-3/h15-16,18-19,24-25,27-28,30-31,48,51,56-59,61-63,65,67-69,71-72H,4-14,17,20-23,26,29,32-47,49-50,52-55H2,1-3H3,(H,66,73)/b18-15-,19-16-,25-24-,28-27-,31-30-,51-48+. The molecular weight excluding hydrogens is 955 g/mol. The summed E-state index contributed by atoms with van der Waals surface area (Å²) in [7, 11) is 0. The number of aliphatic hydroxyl groups is 5. The van der Waals surface area contributed by atoms with Gasteiger partial charge in [0, 0.05) is 6.42 Å². The molecule has 1 heterocycles. The van der Waals surface area contributed by atoms with E-state index >= 15 is 0 Å². The SMILES string of the molecule is CCCC/C=C\CCCCCCCC(=O)OC1C(OCC(NC(=O)C(O)CCCCCCCCCC/C=C\C/C=C\C/C=C\C/C=C\CCCCC)C(O)/C=C/CCCCCCCCCCCC)OC(CO)C(O)C1O. The Hall–Kier alpha value is -2.90. The number of carbonyl (C=O) groups excluding carboxylic acids is 2. The third-order valence-electron chi connectivity index (χ3n) is 14.3. The van der Waals surface area contributed by atoms with Crippen LogP contribution in [0.2, 0.25) is 0 Å². The van der Waals surface area contributed by atoms with Crippen LogP contribution in [-0.4, -0.2) is 99.6 Å². The van der Waals surface area contributed by atoms with Crippen molar-refractivity contribution in [3.63, 3.8) is 0 Å². The van der Waals surface area contributed by atoms with Gasteiger partial charge in [-0.3, -0.25) is 9.59 Å². The van der Waals surface area contributed by atoms with Crippen molar-refractivity contribution < 1.29 is 49.3 Å². The highest BCUT2D eigenvalue weighted by molar-refractivity contribution is 5.80. The second kappa shape index (κ2) is 52.8. The molecule has 1 fully saturated rings. The number of hydrogen-bond donors (Lipinski definition) is 6. The lowest BCUT2D eigenvalue weighted by Crippen LogP contribution is -2.61. The Morgan fingerprint density at radius 3 is 1.43 bits per heavy atom. The van der Waals surface area contributed by atoms with Gasteiger partial charge in [-0.1, -0.05) is 241 Å². The third kappa shape index (κ3) is 40.3. The largest absolute Gasteiger partial charge is 0.454 e. The van der Waals surface area contributed by atoms with Crippen LogP contribution in [0.15, 0.2) is 72.9 Å². The predicted molar refractivity (Wildman–Crippen MR) is 315 cm³/mol. The molecule has 0 aliphatic carbocycles. The highest BCUT2D eigenvalue weighted by atomic mass is 16.7. The molecule has 0 spiro atoms. The van der Waals surface area contributed by atoms with Crippen molar-refractivity contribution in [2.75, 3.05) is 13.2 Å². The summed E-state index contributed by atoms with van der Waals surface area (Å²) in [5.41, 5.74) is 0. The molecule has 11 nitrogen and oxygen atoms in total. The number of aliphatic hydroxyl groups excluding tert-OH is 5. The van der Waals surface area contributed by atoms with E-state index in [0.29, 0.717) is 12.8 Å². The van der Waals surface area contributed by atoms with Crippen molar-refractivity contribution in [3.05, 3.63) is 72.9 Å². The van der Waals surface area contributed by atoms with Gasteiger partial charge in [-0.05, 0) is 89.9 Å². The Balaban J connectivity index is 2.64. The topological polar surface area (TPSA) is 175 Å². The van der Waals surface area contributed by atoms with E-state index in [4.69, 9.17) is 14.2 Å². The Kier molecular flexibility index (Phi) is 49.4. The second-order valence-corrected chi connectivity index (χ2v) is 21.4. The number of amides is 1. The summed E-state index contributed by atoms with van der Waals surface area (Å²) in [5, 5.41) is 56.9. The van der Waals surface area contributed by atoms with Crippen molar-refractivity contribution in [3.8, 4) is 0 Å². The fraction of sp³-hybridized carbons (Fsp3) is 0.785. The van der Waals surface area contributed by atoms with E-state index in [1.165, 1.54) is 116 Å². The monoisotopic (exact) mass is 1070 g/mol. The quantitative estimate of drug-likeness (QED) is 0.0195. The molecular formula is C65H115NO10. The van der Waals surface area contributed by atoms with Crippen molar-refractivity contribution >= 4 is 11.9 Å². The van der Waals surface area contributed by atoms with Crippen molar-refractivity contribution in [2.24, 2.45) is 0 Å². The van der Waals surface area contributed by atoms with E-state index in [2.05, 4.69) is 86.8 Å². The van der Waals surface area contributed by atoms with Crippen LogP contribution in [0.25, 0.3) is 0 Å². The molecule has 8 unspecified atom stereocenters. The van der Waals surface area contributed by atoms with Gasteiger partial charge in [-0.2, -0.15) is 0 Å². The van der Waals surface area contributed by atoms with Gasteiger partial charge in [0.05, 0.1) is 25.4 Å². The van der Waals surface area contributed by atoms with Gasteiger partial charge in [0.15, 0.2) is 12.4 Å². The average Bonchev–Trinajstić information content (AvgIpc) is 3.42. The molecule has 0 aromatic rings. The molecule has 76 heavy (non-hydrogen) atoms. The van der Waals surface area contributed by atoms with Gasteiger partial charge in [0.2, 0.25) is 5.91 Å². The number of nitrogens with one attached hydrogen (secondary N) is 1. The smallest absolute Gasteiger partial charge is 0.306 e. The Morgan fingerprint density at radius 2 is 0.921 bits per heavy atom. The van der Waals surface area contributed by atoms with E-state index in [1.54, 1.807) is 6.08 Å². The number of ether oxygens (including phenoxy) is 3. The average molecular weight is 1070 g/mol. The summed E-state index contributed by atoms with van der Waals surface area (Å²) in [6.07, 6.45) is 56.6. The minimum atomic E-state index is -1.62. The van der Waals surface area contributed by atoms with Crippen LogP contribution < -0.4 is 5.32 Å². The second-order valence-electron chi connectivity index (χ2n) is 21.4. The first-order valence-electron chi connectivity index (χ1n) is 31.2. The van der Waals surface area contributed by atoms with Crippen LogP contribution in [0.3, 0.4) is 0 Å². The molecule has 440 valence electrons. The molecule has 0 aromatic heterocycles. The first-order valence-corrected chi connectivity index (χ1v) is 31.2. The molecule has 0 radical (unpaired) electrons. The van der Waals surface area contributed by atoms with Crippen LogP contribution >= 0.6 is 0 Å². The van der Waals surface area contributed by atoms with Crippen molar-refractivity contribution in [1.29, 1.82) is 0 Å². The van der Waals surface area contributed by atoms with E-state index in [0.717, 1.165) is 103 Å². The minimum Gasteiger partial charge on any atom is -0.454 e. The lowest BCUT2D eigenvalue weighted by Gasteiger charge is -2.41. The maximum absolute atomic E-state index is 13.4. The van der Waals surface area contributed by atoms with Gasteiger partial charge in [-0.25, -0.2) is 0 Å². The highest BCUT2D eigenvalue weighted by Gasteiger charge is 2.47. The van der Waals surface area contributed by atoms with E-state index in [9.17, 15) is 35.1 Å². The lowest BCUT2D eigenvalue weighted by atomic mass is 9.99. The first-order chi connectivity index (χ1) is 37.2. The third-order valence-corrected chi connectivity index (χ3v) is 14.3. The molecule has 0 bridgehead atoms. The van der Waals surface area contributed by atoms with Crippen LogP contribution in [0.5, 0.6) is 0 Å². The molecule has 1 aliphatic heterocycles. The van der Waals surface area contributed by atoms with Crippen LogP contribution in [-0.2, 0) is 23.8 Å². The fourth-order valence-electron chi connectivity index (χ4n) is 9.32. The van der Waals surface area contributed by atoms with Crippen LogP contribution in [0, 0.1) is 0 Å². The highest BCUT2D eigenvalue weighted by Crippen LogP contribution is 2.26. The number of carbonyl (C=O) groups is 2. The fourth-order valence-corrected chi connectivity index (χ4v) is 9.32. The van der Waals surface area contributed by atoms with Gasteiger partial charge in [0.1, 0.15) is 24.4 Å². The molecule has 11 heteroatoms. The summed E-state index contributed by atoms with van der Waals surface area (Å²) in [6, 6.07) is -1.03. The molecule has 1 saturated heterocycles. The zero-order valence-electron chi connectivity index (χ0n) is 48.6. The maximum atomic E-state index is 13.4. The number of allylic oxidation sites excluding steroid dienone is 11. The summed E-state index contributed by atoms with van der Waals surface area (Å²) >= 11 is 0. The van der Waals surface area contributed by atoms with Gasteiger partial charge < -0.3 is 45.1 Å². The summed E-state index contributed by atoms with van der Waals surface area (Å²) < 4.78 is 17.6. The number of esters is 1. The molecule has 0 aromatic carbocycles. The lowest BCUT2D eigenvalue weighted by molar-refractivity contribution is -0.305. The Bertz CT molecular complexity index is 1510. The zero-order chi connectivity index (χ0) is 55.4. The van der Waals surface area contributed by atoms with Gasteiger partial charge in [0.25, 0.3) is 0 Å². The molecule has 1 aliphatic rings. The predicted octanol–water partition coefficient (Wildman–Crippen LogP) is 14.8. The van der Waals surface area contributed by atoms with Gasteiger partial charge in [-0.15, -0.1) is 0 Å². The zero-order valence-corrected chi connectivity index (χ0v) is 48.6. The molecule has 0 saturated carbocycles.